The molecular weight excluding hydrogens is 910 g/mol. The number of carbonyl (C=O) groups excluding carboxylic acids is 1. The van der Waals surface area contributed by atoms with Crippen molar-refractivity contribution in [3.63, 3.8) is 0 Å². The molecule has 0 atom stereocenters. The average Bonchev–Trinajstić information content (AvgIpc) is 3.69. The van der Waals surface area contributed by atoms with E-state index in [0.717, 1.165) is 22.4 Å². The number of hydrogen-bond donors (Lipinski definition) is 2. The maximum absolute atomic E-state index is 14.3. The van der Waals surface area contributed by atoms with Gasteiger partial charge in [0.25, 0.3) is 0 Å². The molecular formula is C43H30Cl4F3N10NaO2. The number of pyridine rings is 4. The van der Waals surface area contributed by atoms with Crippen molar-refractivity contribution in [2.45, 2.75) is 39.1 Å². The fraction of sp³-hybridized carbons (Fsp3) is 0.140. The molecule has 3 aromatic carbocycles. The summed E-state index contributed by atoms with van der Waals surface area (Å²) >= 11 is 23.1. The van der Waals surface area contributed by atoms with Gasteiger partial charge in [-0.1, -0.05) is 34.8 Å². The smallest absolute Gasteiger partial charge is 0.512 e. The Labute approximate surface area is 400 Å². The van der Waals surface area contributed by atoms with Crippen molar-refractivity contribution in [2.24, 2.45) is 0 Å². The maximum atomic E-state index is 14.3. The summed E-state index contributed by atoms with van der Waals surface area (Å²) in [5, 5.41) is 28.4. The molecule has 3 N–H and O–H groups in total. The third-order valence-corrected chi connectivity index (χ3v) is 9.67. The second kappa shape index (κ2) is 23.2. The molecule has 0 saturated heterocycles. The van der Waals surface area contributed by atoms with Crippen molar-refractivity contribution in [1.29, 1.82) is 10.5 Å². The largest absolute Gasteiger partial charge is 1.00 e. The van der Waals surface area contributed by atoms with E-state index >= 15 is 0 Å². The molecule has 0 bridgehead atoms. The van der Waals surface area contributed by atoms with Gasteiger partial charge in [-0.15, -0.1) is 21.8 Å². The van der Waals surface area contributed by atoms with Crippen molar-refractivity contribution in [2.75, 3.05) is 5.73 Å². The topological polar surface area (TPSA) is 193 Å². The normalized spacial score (nSPS) is 10.3. The number of nitrogens with two attached hydrogens (primary N) is 1. The molecule has 12 nitrogen and oxygen atoms in total. The molecule has 8 rings (SSSR count). The Morgan fingerprint density at radius 2 is 1.24 bits per heavy atom. The number of hydrogen-bond acceptors (Lipinski definition) is 11. The number of nitrogens with one attached hydrogen (secondary N) is 1. The van der Waals surface area contributed by atoms with E-state index in [0.29, 0.717) is 53.7 Å². The molecule has 63 heavy (non-hydrogen) atoms. The van der Waals surface area contributed by atoms with Crippen LogP contribution in [0.15, 0.2) is 83.7 Å². The van der Waals surface area contributed by atoms with Gasteiger partial charge in [0.05, 0.1) is 34.0 Å². The molecule has 5 aromatic heterocycles. The third-order valence-electron chi connectivity index (χ3n) is 8.74. The second-order valence-electron chi connectivity index (χ2n) is 13.2. The molecule has 20 heteroatoms. The summed E-state index contributed by atoms with van der Waals surface area (Å²) in [6.45, 7) is 8.70. The van der Waals surface area contributed by atoms with Crippen LogP contribution in [-0.2, 0) is 25.3 Å². The number of carbonyl (C=O) groups is 1. The van der Waals surface area contributed by atoms with Crippen LogP contribution in [0.1, 0.15) is 50.1 Å². The van der Waals surface area contributed by atoms with E-state index in [-0.39, 0.29) is 83.5 Å². The molecule has 0 aliphatic carbocycles. The first-order valence-electron chi connectivity index (χ1n) is 17.9. The van der Waals surface area contributed by atoms with Crippen LogP contribution in [0.2, 0.25) is 15.1 Å². The van der Waals surface area contributed by atoms with E-state index in [4.69, 9.17) is 73.7 Å². The summed E-state index contributed by atoms with van der Waals surface area (Å²) in [5.74, 6) is -1.09. The van der Waals surface area contributed by atoms with Gasteiger partial charge in [0.15, 0.2) is 0 Å². The summed E-state index contributed by atoms with van der Waals surface area (Å²) in [6.07, 6.45) is 4.54. The van der Waals surface area contributed by atoms with E-state index in [1.165, 1.54) is 36.8 Å². The van der Waals surface area contributed by atoms with Gasteiger partial charge in [-0.3, -0.25) is 19.7 Å². The van der Waals surface area contributed by atoms with Crippen molar-refractivity contribution < 1.29 is 51.9 Å². The number of fused-ring (bicyclic) bond motifs is 3. The molecule has 0 fully saturated rings. The Kier molecular flexibility index (Phi) is 18.4. The Morgan fingerprint density at radius 3 is 1.73 bits per heavy atom. The third kappa shape index (κ3) is 13.2. The van der Waals surface area contributed by atoms with Crippen molar-refractivity contribution >= 4 is 90.8 Å². The van der Waals surface area contributed by atoms with Gasteiger partial charge in [-0.2, -0.15) is 5.26 Å². The van der Waals surface area contributed by atoms with Crippen LogP contribution >= 0.6 is 46.4 Å². The first kappa shape index (κ1) is 50.0. The van der Waals surface area contributed by atoms with E-state index in [2.05, 4.69) is 35.5 Å². The van der Waals surface area contributed by atoms with Crippen molar-refractivity contribution in [1.82, 2.24) is 35.5 Å². The number of rotatable bonds is 7. The van der Waals surface area contributed by atoms with Crippen LogP contribution in [0.4, 0.5) is 19.0 Å². The molecule has 8 aromatic rings. The molecule has 0 aliphatic rings. The van der Waals surface area contributed by atoms with E-state index in [1.807, 2.05) is 19.9 Å². The number of nitriles is 1. The fourth-order valence-corrected chi connectivity index (χ4v) is 6.73. The Balaban J connectivity index is 0.000000227. The number of aryl methyl sites for hydroxylation is 2. The van der Waals surface area contributed by atoms with Crippen molar-refractivity contribution in [3.05, 3.63) is 164 Å². The predicted octanol–water partition coefficient (Wildman–Crippen LogP) is 7.48. The number of alkyl halides is 1. The minimum Gasteiger partial charge on any atom is -0.512 e. The zero-order valence-corrected chi connectivity index (χ0v) is 38.5. The first-order valence-corrected chi connectivity index (χ1v) is 19.6. The van der Waals surface area contributed by atoms with Crippen molar-refractivity contribution in [3.8, 4) is 6.07 Å². The molecule has 0 unspecified atom stereocenters. The van der Waals surface area contributed by atoms with Crippen LogP contribution in [-0.4, -0.2) is 36.0 Å². The molecule has 0 aliphatic heterocycles. The van der Waals surface area contributed by atoms with Gasteiger partial charge in [-0.05, 0) is 102 Å². The number of benzene rings is 3. The minimum atomic E-state index is -0.518. The number of halogens is 7. The van der Waals surface area contributed by atoms with Gasteiger partial charge in [0.1, 0.15) is 39.8 Å². The molecule has 0 spiro atoms. The van der Waals surface area contributed by atoms with Crippen LogP contribution < -0.4 is 40.6 Å². The van der Waals surface area contributed by atoms with Crippen LogP contribution in [0.3, 0.4) is 0 Å². The SMILES string of the molecule is Cc1cc(N)nc(C)c1CNC(=O)c1nnc(Cc2cc(F)c3ncc(Cl)cc3c2)o1.Fc1cc(CCl)cc2cc(Cl)cnc12.N#CCc1cc(F)c2ncc(Cl)cc2c1.[C-]#N.[Na+]. The summed E-state index contributed by atoms with van der Waals surface area (Å²) in [6, 6.07) is 17.9. The zero-order chi connectivity index (χ0) is 45.1. The molecule has 314 valence electrons. The summed E-state index contributed by atoms with van der Waals surface area (Å²) in [4.78, 5) is 28.4. The number of nitrogen functional groups attached to an aromatic ring is 1. The Morgan fingerprint density at radius 1 is 0.762 bits per heavy atom. The summed E-state index contributed by atoms with van der Waals surface area (Å²) in [5.41, 5.74) is 11.0. The van der Waals surface area contributed by atoms with Crippen LogP contribution in [0.5, 0.6) is 0 Å². The average molecular weight is 941 g/mol. The van der Waals surface area contributed by atoms with E-state index < -0.39 is 17.5 Å². The van der Waals surface area contributed by atoms with E-state index in [1.54, 1.807) is 42.5 Å². The van der Waals surface area contributed by atoms with Crippen LogP contribution in [0, 0.1) is 54.5 Å². The second-order valence-corrected chi connectivity index (χ2v) is 14.7. The number of nitrogens with zero attached hydrogens (tertiary/aromatic N) is 8. The monoisotopic (exact) mass is 938 g/mol. The molecule has 1 amide bonds. The van der Waals surface area contributed by atoms with Gasteiger partial charge < -0.3 is 27.3 Å². The fourth-order valence-electron chi connectivity index (χ4n) is 6.07. The molecule has 0 radical (unpaired) electrons. The predicted molar refractivity (Wildman–Crippen MR) is 230 cm³/mol. The minimum absolute atomic E-state index is 0. The zero-order valence-electron chi connectivity index (χ0n) is 33.5. The standard InChI is InChI=1S/C21H18ClFN6O2.C11H6ClFN2.C10H6Cl2FN.CN.Na/c1-10-3-17(24)27-11(2)15(10)9-26-20(30)21-29-28-18(31-21)6-12-4-13-7-14(22)8-25-19(13)16(23)5-12;12-9-5-8-3-7(1-2-14)4-10(13)11(8)15-6-9;11-4-6-1-7-3-8(12)5-14-10(7)9(13)2-6;1-2;/h3-5,7-8H,6,9H2,1-2H3,(H2,24,27)(H,26,30);3-6H,1H2;1-3,5H,4H2;;/q;;;-1;+1. The number of anilines is 1. The Hall–Kier alpha value is -5.62. The number of aromatic nitrogens is 6. The molecule has 5 heterocycles. The maximum Gasteiger partial charge on any atom is 1.00 e. The summed E-state index contributed by atoms with van der Waals surface area (Å²) in [7, 11) is 0. The quantitative estimate of drug-likeness (QED) is 0.0914. The molecule has 0 saturated carbocycles. The van der Waals surface area contributed by atoms with Crippen LogP contribution in [0.25, 0.3) is 32.7 Å². The summed E-state index contributed by atoms with van der Waals surface area (Å²) < 4.78 is 46.7. The Bertz CT molecular complexity index is 2980. The number of amides is 1. The van der Waals surface area contributed by atoms with E-state index in [9.17, 15) is 18.0 Å². The van der Waals surface area contributed by atoms with Gasteiger partial charge >= 0.3 is 41.4 Å². The van der Waals surface area contributed by atoms with Gasteiger partial charge in [0, 0.05) is 52.9 Å². The van der Waals surface area contributed by atoms with Gasteiger partial charge in [0.2, 0.25) is 5.89 Å². The first-order chi connectivity index (χ1) is 29.7. The van der Waals surface area contributed by atoms with Gasteiger partial charge in [-0.25, -0.2) is 18.2 Å².